The lowest BCUT2D eigenvalue weighted by Gasteiger charge is -2.17. The van der Waals surface area contributed by atoms with Gasteiger partial charge in [-0.15, -0.1) is 0 Å². The Kier molecular flexibility index (Phi) is 4.72. The van der Waals surface area contributed by atoms with Crippen molar-refractivity contribution in [2.45, 2.75) is 6.42 Å². The number of hydrogen-bond acceptors (Lipinski definition) is 6. The topological polar surface area (TPSA) is 116 Å². The van der Waals surface area contributed by atoms with Crippen LogP contribution < -0.4 is 9.64 Å². The Bertz CT molecular complexity index is 917. The number of benzene rings is 2. The average molecular weight is 378 g/mol. The predicted molar refractivity (Wildman–Crippen MR) is 92.8 cm³/mol. The number of hydrogen-bond donors (Lipinski definition) is 0. The van der Waals surface area contributed by atoms with Crippen LogP contribution in [-0.2, 0) is 11.2 Å². The molecule has 0 atom stereocenters. The molecule has 9 nitrogen and oxygen atoms in total. The van der Waals surface area contributed by atoms with Crippen LogP contribution in [0.25, 0.3) is 0 Å². The summed E-state index contributed by atoms with van der Waals surface area (Å²) in [6.07, 6.45) is 0.520. The third kappa shape index (κ3) is 3.42. The molecule has 134 valence electrons. The lowest BCUT2D eigenvalue weighted by molar-refractivity contribution is -0.385. The third-order valence-electron chi connectivity index (χ3n) is 3.95. The number of nitrogens with zero attached hydrogens (tertiary/aromatic N) is 3. The second-order valence-corrected chi connectivity index (χ2v) is 5.93. The minimum absolute atomic E-state index is 0.0187. The van der Waals surface area contributed by atoms with Crippen molar-refractivity contribution in [2.24, 2.45) is 0 Å². The molecule has 1 heterocycles. The van der Waals surface area contributed by atoms with E-state index in [4.69, 9.17) is 16.3 Å². The zero-order valence-electron chi connectivity index (χ0n) is 13.3. The smallest absolute Gasteiger partial charge is 0.288 e. The van der Waals surface area contributed by atoms with Crippen LogP contribution in [0.4, 0.5) is 17.1 Å². The van der Waals surface area contributed by atoms with Gasteiger partial charge in [0.2, 0.25) is 0 Å². The van der Waals surface area contributed by atoms with E-state index in [-0.39, 0.29) is 34.7 Å². The Morgan fingerprint density at radius 2 is 1.92 bits per heavy atom. The van der Waals surface area contributed by atoms with Gasteiger partial charge in [0.1, 0.15) is 10.8 Å². The van der Waals surface area contributed by atoms with Crippen LogP contribution in [-0.4, -0.2) is 28.9 Å². The number of fused-ring (bicyclic) bond motifs is 1. The van der Waals surface area contributed by atoms with Gasteiger partial charge in [0, 0.05) is 36.5 Å². The average Bonchev–Trinajstić information content (AvgIpc) is 3.02. The van der Waals surface area contributed by atoms with Crippen LogP contribution in [0, 0.1) is 20.2 Å². The van der Waals surface area contributed by atoms with Crippen LogP contribution in [0.3, 0.4) is 0 Å². The SMILES string of the molecule is O=C(COc1ccc([N+](=O)[O-])c(Cl)c1)N1CCc2cc([N+](=O)[O-])ccc21. The summed E-state index contributed by atoms with van der Waals surface area (Å²) in [4.78, 5) is 34.3. The normalized spacial score (nSPS) is 12.6. The number of ether oxygens (including phenoxy) is 1. The monoisotopic (exact) mass is 377 g/mol. The van der Waals surface area contributed by atoms with Gasteiger partial charge < -0.3 is 9.64 Å². The van der Waals surface area contributed by atoms with Gasteiger partial charge >= 0.3 is 0 Å². The van der Waals surface area contributed by atoms with E-state index < -0.39 is 9.85 Å². The first-order valence-corrected chi connectivity index (χ1v) is 7.89. The van der Waals surface area contributed by atoms with Crippen LogP contribution >= 0.6 is 11.6 Å². The summed E-state index contributed by atoms with van der Waals surface area (Å²) < 4.78 is 5.37. The van der Waals surface area contributed by atoms with Gasteiger partial charge in [-0.3, -0.25) is 25.0 Å². The van der Waals surface area contributed by atoms with Crippen LogP contribution in [0.2, 0.25) is 5.02 Å². The van der Waals surface area contributed by atoms with Crippen molar-refractivity contribution in [3.8, 4) is 5.75 Å². The minimum Gasteiger partial charge on any atom is -0.484 e. The first-order chi connectivity index (χ1) is 12.4. The Morgan fingerprint density at radius 3 is 2.58 bits per heavy atom. The third-order valence-corrected chi connectivity index (χ3v) is 4.25. The summed E-state index contributed by atoms with van der Waals surface area (Å²) in [6.45, 7) is 0.115. The molecular weight excluding hydrogens is 366 g/mol. The van der Waals surface area contributed by atoms with Crippen molar-refractivity contribution in [3.05, 3.63) is 67.2 Å². The molecule has 1 amide bonds. The molecule has 2 aromatic carbocycles. The highest BCUT2D eigenvalue weighted by Gasteiger charge is 2.26. The van der Waals surface area contributed by atoms with Gasteiger partial charge in [0.15, 0.2) is 6.61 Å². The van der Waals surface area contributed by atoms with E-state index in [0.29, 0.717) is 18.7 Å². The van der Waals surface area contributed by atoms with Gasteiger partial charge in [-0.2, -0.15) is 0 Å². The van der Waals surface area contributed by atoms with Gasteiger partial charge in [-0.25, -0.2) is 0 Å². The van der Waals surface area contributed by atoms with E-state index in [1.165, 1.54) is 35.2 Å². The fraction of sp³-hybridized carbons (Fsp3) is 0.188. The molecule has 0 aliphatic carbocycles. The molecule has 0 N–H and O–H groups in total. The van der Waals surface area contributed by atoms with Crippen molar-refractivity contribution in [2.75, 3.05) is 18.1 Å². The van der Waals surface area contributed by atoms with Crippen LogP contribution in [0.5, 0.6) is 5.75 Å². The molecule has 0 spiro atoms. The van der Waals surface area contributed by atoms with Gasteiger partial charge in [-0.05, 0) is 24.1 Å². The molecular formula is C16H12ClN3O6. The molecule has 1 aliphatic rings. The molecule has 0 saturated heterocycles. The number of carbonyl (C=O) groups is 1. The van der Waals surface area contributed by atoms with Gasteiger partial charge in [0.05, 0.1) is 9.85 Å². The van der Waals surface area contributed by atoms with Crippen molar-refractivity contribution in [1.82, 2.24) is 0 Å². The molecule has 3 rings (SSSR count). The highest BCUT2D eigenvalue weighted by molar-refractivity contribution is 6.32. The summed E-state index contributed by atoms with van der Waals surface area (Å²) in [5, 5.41) is 21.5. The largest absolute Gasteiger partial charge is 0.484 e. The Hall–Kier alpha value is -3.20. The van der Waals surface area contributed by atoms with E-state index in [1.54, 1.807) is 6.07 Å². The molecule has 0 fully saturated rings. The number of amides is 1. The van der Waals surface area contributed by atoms with Crippen LogP contribution in [0.1, 0.15) is 5.56 Å². The number of nitro groups is 2. The lowest BCUT2D eigenvalue weighted by atomic mass is 10.1. The number of halogens is 1. The summed E-state index contributed by atoms with van der Waals surface area (Å²) >= 11 is 5.80. The lowest BCUT2D eigenvalue weighted by Crippen LogP contribution is -2.33. The van der Waals surface area contributed by atoms with E-state index >= 15 is 0 Å². The summed E-state index contributed by atoms with van der Waals surface area (Å²) in [5.74, 6) is -0.0934. The molecule has 26 heavy (non-hydrogen) atoms. The molecule has 10 heteroatoms. The first kappa shape index (κ1) is 17.6. The maximum Gasteiger partial charge on any atom is 0.288 e. The number of rotatable bonds is 5. The highest BCUT2D eigenvalue weighted by Crippen LogP contribution is 2.32. The van der Waals surface area contributed by atoms with E-state index in [2.05, 4.69) is 0 Å². The molecule has 2 aromatic rings. The van der Waals surface area contributed by atoms with Crippen molar-refractivity contribution in [3.63, 3.8) is 0 Å². The minimum atomic E-state index is -0.613. The van der Waals surface area contributed by atoms with Crippen molar-refractivity contribution >= 4 is 34.6 Å². The van der Waals surface area contributed by atoms with Gasteiger partial charge in [-0.1, -0.05) is 11.6 Å². The summed E-state index contributed by atoms with van der Waals surface area (Å²) in [7, 11) is 0. The second-order valence-electron chi connectivity index (χ2n) is 5.52. The Labute approximate surface area is 152 Å². The van der Waals surface area contributed by atoms with Crippen molar-refractivity contribution < 1.29 is 19.4 Å². The molecule has 1 aliphatic heterocycles. The Morgan fingerprint density at radius 1 is 1.15 bits per heavy atom. The van der Waals surface area contributed by atoms with E-state index in [9.17, 15) is 25.0 Å². The van der Waals surface area contributed by atoms with Crippen LogP contribution in [0.15, 0.2) is 36.4 Å². The number of carbonyl (C=O) groups excluding carboxylic acids is 1. The molecule has 0 radical (unpaired) electrons. The fourth-order valence-electron chi connectivity index (χ4n) is 2.71. The first-order valence-electron chi connectivity index (χ1n) is 7.51. The maximum atomic E-state index is 12.4. The molecule has 0 unspecified atom stereocenters. The van der Waals surface area contributed by atoms with E-state index in [1.807, 2.05) is 0 Å². The molecule has 0 bridgehead atoms. The summed E-state index contributed by atoms with van der Waals surface area (Å²) in [6, 6.07) is 8.18. The zero-order valence-corrected chi connectivity index (χ0v) is 14.0. The second kappa shape index (κ2) is 6.96. The predicted octanol–water partition coefficient (Wildman–Crippen LogP) is 3.12. The maximum absolute atomic E-state index is 12.4. The number of non-ortho nitro benzene ring substituents is 1. The quantitative estimate of drug-likeness (QED) is 0.583. The Balaban J connectivity index is 1.68. The molecule has 0 saturated carbocycles. The number of anilines is 1. The number of nitro benzene ring substituents is 2. The standard InChI is InChI=1S/C16H12ClN3O6/c17-13-8-12(2-4-15(13)20(24)25)26-9-16(21)18-6-5-10-7-11(19(22)23)1-3-14(10)18/h1-4,7-8H,5-6,9H2. The fourth-order valence-corrected chi connectivity index (χ4v) is 2.95. The summed E-state index contributed by atoms with van der Waals surface area (Å²) in [5.41, 5.74) is 1.08. The molecule has 0 aromatic heterocycles. The highest BCUT2D eigenvalue weighted by atomic mass is 35.5. The van der Waals surface area contributed by atoms with Gasteiger partial charge in [0.25, 0.3) is 17.3 Å². The zero-order chi connectivity index (χ0) is 18.8. The van der Waals surface area contributed by atoms with Crippen molar-refractivity contribution in [1.29, 1.82) is 0 Å². The van der Waals surface area contributed by atoms with E-state index in [0.717, 1.165) is 5.56 Å².